The summed E-state index contributed by atoms with van der Waals surface area (Å²) in [4.78, 5) is 10.8. The summed E-state index contributed by atoms with van der Waals surface area (Å²) in [6, 6.07) is 1.07. The van der Waals surface area contributed by atoms with Crippen LogP contribution in [0.3, 0.4) is 0 Å². The molecule has 0 saturated carbocycles. The number of nitrogens with two attached hydrogens (primary N) is 1. The Bertz CT molecular complexity index is 602. The van der Waals surface area contributed by atoms with E-state index in [0.717, 1.165) is 0 Å². The Morgan fingerprint density at radius 2 is 2.00 bits per heavy atom. The van der Waals surface area contributed by atoms with Crippen LogP contribution in [-0.4, -0.2) is 20.4 Å². The van der Waals surface area contributed by atoms with Crippen LogP contribution in [0.4, 0.5) is 8.78 Å². The molecule has 0 aromatic heterocycles. The SMILES string of the molecule is CCC(C)NC(=O)c1c(F)ccc(S(N)(=O)=O)c1F. The van der Waals surface area contributed by atoms with Gasteiger partial charge in [0.05, 0.1) is 0 Å². The molecule has 1 aromatic rings. The number of hydrogen-bond acceptors (Lipinski definition) is 3. The number of benzene rings is 1. The van der Waals surface area contributed by atoms with Crippen molar-refractivity contribution in [1.29, 1.82) is 0 Å². The molecule has 0 spiro atoms. The van der Waals surface area contributed by atoms with E-state index in [1.807, 2.05) is 0 Å². The molecule has 0 saturated heterocycles. The summed E-state index contributed by atoms with van der Waals surface area (Å²) in [6.45, 7) is 3.43. The van der Waals surface area contributed by atoms with Crippen LogP contribution in [0, 0.1) is 11.6 Å². The second-order valence-corrected chi connectivity index (χ2v) is 5.59. The lowest BCUT2D eigenvalue weighted by molar-refractivity contribution is 0.0930. The third-order valence-electron chi connectivity index (χ3n) is 2.58. The summed E-state index contributed by atoms with van der Waals surface area (Å²) in [7, 11) is -4.36. The van der Waals surface area contributed by atoms with Crippen molar-refractivity contribution in [2.75, 3.05) is 0 Å². The van der Waals surface area contributed by atoms with Crippen LogP contribution in [0.25, 0.3) is 0 Å². The van der Waals surface area contributed by atoms with Crippen LogP contribution >= 0.6 is 0 Å². The molecule has 5 nitrogen and oxygen atoms in total. The Balaban J connectivity index is 3.32. The van der Waals surface area contributed by atoms with Crippen LogP contribution in [0.1, 0.15) is 30.6 Å². The van der Waals surface area contributed by atoms with Crippen LogP contribution < -0.4 is 10.5 Å². The Labute approximate surface area is 109 Å². The van der Waals surface area contributed by atoms with Gasteiger partial charge >= 0.3 is 0 Å². The predicted molar refractivity (Wildman–Crippen MR) is 65.0 cm³/mol. The van der Waals surface area contributed by atoms with Gasteiger partial charge in [-0.2, -0.15) is 0 Å². The monoisotopic (exact) mass is 292 g/mol. The van der Waals surface area contributed by atoms with Gasteiger partial charge in [-0.15, -0.1) is 0 Å². The van der Waals surface area contributed by atoms with Gasteiger partial charge in [-0.05, 0) is 25.5 Å². The van der Waals surface area contributed by atoms with E-state index in [2.05, 4.69) is 5.32 Å². The average molecular weight is 292 g/mol. The number of carbonyl (C=O) groups is 1. The Morgan fingerprint density at radius 1 is 1.42 bits per heavy atom. The minimum absolute atomic E-state index is 0.301. The molecule has 8 heteroatoms. The fourth-order valence-electron chi connectivity index (χ4n) is 1.36. The molecule has 0 radical (unpaired) electrons. The third kappa shape index (κ3) is 3.48. The normalized spacial score (nSPS) is 13.1. The molecule has 0 aliphatic carbocycles. The maximum atomic E-state index is 13.9. The number of amides is 1. The zero-order valence-electron chi connectivity index (χ0n) is 10.4. The lowest BCUT2D eigenvalue weighted by atomic mass is 10.1. The van der Waals surface area contributed by atoms with E-state index in [9.17, 15) is 22.0 Å². The van der Waals surface area contributed by atoms with E-state index in [1.165, 1.54) is 0 Å². The van der Waals surface area contributed by atoms with E-state index in [4.69, 9.17) is 5.14 Å². The van der Waals surface area contributed by atoms with Crippen molar-refractivity contribution in [1.82, 2.24) is 5.32 Å². The molecule has 1 amide bonds. The van der Waals surface area contributed by atoms with Gasteiger partial charge in [-0.25, -0.2) is 22.3 Å². The number of halogens is 2. The number of nitrogens with one attached hydrogen (secondary N) is 1. The van der Waals surface area contributed by atoms with Gasteiger partial charge in [0.15, 0.2) is 5.82 Å². The van der Waals surface area contributed by atoms with Crippen molar-refractivity contribution >= 4 is 15.9 Å². The number of hydrogen-bond donors (Lipinski definition) is 2. The van der Waals surface area contributed by atoms with Gasteiger partial charge in [0.25, 0.3) is 5.91 Å². The Morgan fingerprint density at radius 3 is 2.47 bits per heavy atom. The maximum absolute atomic E-state index is 13.9. The van der Waals surface area contributed by atoms with E-state index in [1.54, 1.807) is 13.8 Å². The van der Waals surface area contributed by atoms with Crippen LogP contribution in [0.2, 0.25) is 0 Å². The predicted octanol–water partition coefficient (Wildman–Crippen LogP) is 1.14. The minimum atomic E-state index is -4.36. The number of rotatable bonds is 4. The molecule has 0 bridgehead atoms. The first-order valence-electron chi connectivity index (χ1n) is 5.50. The first-order chi connectivity index (χ1) is 8.68. The van der Waals surface area contributed by atoms with Gasteiger partial charge in [-0.1, -0.05) is 6.92 Å². The van der Waals surface area contributed by atoms with E-state index < -0.39 is 38.0 Å². The number of carbonyl (C=O) groups excluding carboxylic acids is 1. The lowest BCUT2D eigenvalue weighted by Gasteiger charge is -2.13. The lowest BCUT2D eigenvalue weighted by Crippen LogP contribution is -2.33. The highest BCUT2D eigenvalue weighted by Crippen LogP contribution is 2.20. The van der Waals surface area contributed by atoms with Crippen LogP contribution in [0.15, 0.2) is 17.0 Å². The molecule has 1 unspecified atom stereocenters. The van der Waals surface area contributed by atoms with Crippen molar-refractivity contribution in [3.8, 4) is 0 Å². The smallest absolute Gasteiger partial charge is 0.257 e. The number of primary sulfonamides is 1. The van der Waals surface area contributed by atoms with Crippen molar-refractivity contribution in [2.24, 2.45) is 5.14 Å². The molecule has 0 heterocycles. The first-order valence-corrected chi connectivity index (χ1v) is 7.04. The van der Waals surface area contributed by atoms with Crippen molar-refractivity contribution in [2.45, 2.75) is 31.2 Å². The average Bonchev–Trinajstić information content (AvgIpc) is 2.26. The summed E-state index contributed by atoms with van der Waals surface area (Å²) < 4.78 is 49.6. The Kier molecular flexibility index (Phi) is 4.59. The van der Waals surface area contributed by atoms with Gasteiger partial charge in [0.2, 0.25) is 10.0 Å². The summed E-state index contributed by atoms with van der Waals surface area (Å²) in [6.07, 6.45) is 0.559. The highest BCUT2D eigenvalue weighted by molar-refractivity contribution is 7.89. The molecular formula is C11H14F2N2O3S. The number of sulfonamides is 1. The van der Waals surface area contributed by atoms with Gasteiger partial charge < -0.3 is 5.32 Å². The van der Waals surface area contributed by atoms with Crippen molar-refractivity contribution in [3.05, 3.63) is 29.3 Å². The zero-order chi connectivity index (χ0) is 14.8. The topological polar surface area (TPSA) is 89.3 Å². The quantitative estimate of drug-likeness (QED) is 0.872. The highest BCUT2D eigenvalue weighted by atomic mass is 32.2. The van der Waals surface area contributed by atoms with Gasteiger partial charge in [0.1, 0.15) is 16.3 Å². The second kappa shape index (κ2) is 5.62. The molecular weight excluding hydrogens is 278 g/mol. The summed E-state index contributed by atoms with van der Waals surface area (Å²) in [5.41, 5.74) is -0.952. The molecule has 0 fully saturated rings. The fraction of sp³-hybridized carbons (Fsp3) is 0.364. The summed E-state index contributed by atoms with van der Waals surface area (Å²) >= 11 is 0. The molecule has 1 rings (SSSR count). The fourth-order valence-corrected chi connectivity index (χ4v) is 1.97. The molecule has 1 aromatic carbocycles. The molecule has 19 heavy (non-hydrogen) atoms. The van der Waals surface area contributed by atoms with Crippen LogP contribution in [-0.2, 0) is 10.0 Å². The summed E-state index contributed by atoms with van der Waals surface area (Å²) in [5.74, 6) is -3.65. The first kappa shape index (κ1) is 15.5. The van der Waals surface area contributed by atoms with E-state index >= 15 is 0 Å². The highest BCUT2D eigenvalue weighted by Gasteiger charge is 2.25. The van der Waals surface area contributed by atoms with Crippen LogP contribution in [0.5, 0.6) is 0 Å². The molecule has 0 aliphatic rings. The van der Waals surface area contributed by atoms with Crippen molar-refractivity contribution < 1.29 is 22.0 Å². The second-order valence-electron chi connectivity index (χ2n) is 4.06. The zero-order valence-corrected chi connectivity index (χ0v) is 11.2. The molecule has 106 valence electrons. The largest absolute Gasteiger partial charge is 0.349 e. The third-order valence-corrected chi connectivity index (χ3v) is 3.51. The molecule has 3 N–H and O–H groups in total. The van der Waals surface area contributed by atoms with Gasteiger partial charge in [-0.3, -0.25) is 4.79 Å². The van der Waals surface area contributed by atoms with E-state index in [-0.39, 0.29) is 6.04 Å². The molecule has 1 atom stereocenters. The van der Waals surface area contributed by atoms with E-state index in [0.29, 0.717) is 18.6 Å². The minimum Gasteiger partial charge on any atom is -0.349 e. The Hall–Kier alpha value is -1.54. The maximum Gasteiger partial charge on any atom is 0.257 e. The molecule has 0 aliphatic heterocycles. The summed E-state index contributed by atoms with van der Waals surface area (Å²) in [5, 5.41) is 7.13. The van der Waals surface area contributed by atoms with Crippen molar-refractivity contribution in [3.63, 3.8) is 0 Å². The van der Waals surface area contributed by atoms with Gasteiger partial charge in [0, 0.05) is 6.04 Å². The standard InChI is InChI=1S/C11H14F2N2O3S/c1-3-6(2)15-11(16)9-7(12)4-5-8(10(9)13)19(14,17)18/h4-6H,3H2,1-2H3,(H,15,16)(H2,14,17,18).